The highest BCUT2D eigenvalue weighted by molar-refractivity contribution is 5.76. The van der Waals surface area contributed by atoms with Crippen molar-refractivity contribution in [3.05, 3.63) is 72.5 Å². The third-order valence-corrected chi connectivity index (χ3v) is 3.93. The van der Waals surface area contributed by atoms with Crippen molar-refractivity contribution in [2.75, 3.05) is 0 Å². The molecule has 0 saturated heterocycles. The van der Waals surface area contributed by atoms with Crippen LogP contribution in [0.15, 0.2) is 65.3 Å². The second kappa shape index (κ2) is 7.18. The molecule has 0 aliphatic carbocycles. The van der Waals surface area contributed by atoms with Crippen LogP contribution in [0.3, 0.4) is 0 Å². The molecule has 130 valence electrons. The van der Waals surface area contributed by atoms with Crippen LogP contribution in [-0.4, -0.2) is 25.5 Å². The van der Waals surface area contributed by atoms with Crippen LogP contribution in [0.25, 0.3) is 17.1 Å². The van der Waals surface area contributed by atoms with Gasteiger partial charge in [-0.15, -0.1) is 10.2 Å². The van der Waals surface area contributed by atoms with Crippen molar-refractivity contribution >= 4 is 11.6 Å². The predicted molar refractivity (Wildman–Crippen MR) is 95.1 cm³/mol. The lowest BCUT2D eigenvalue weighted by atomic mass is 10.2. The minimum atomic E-state index is -0.0819. The molecular formula is C19H17N5O2. The lowest BCUT2D eigenvalue weighted by Crippen LogP contribution is -2.23. The minimum Gasteiger partial charge on any atom is -0.421 e. The molecule has 4 aromatic rings. The van der Waals surface area contributed by atoms with Gasteiger partial charge in [0.05, 0.1) is 12.2 Å². The lowest BCUT2D eigenvalue weighted by Gasteiger charge is -2.01. The van der Waals surface area contributed by atoms with E-state index in [1.807, 2.05) is 65.3 Å². The first kappa shape index (κ1) is 16.0. The number of carbonyl (C=O) groups is 1. The monoisotopic (exact) mass is 347 g/mol. The van der Waals surface area contributed by atoms with Crippen molar-refractivity contribution in [3.63, 3.8) is 0 Å². The smallest absolute Gasteiger partial charge is 0.247 e. The number of aromatic nitrogens is 4. The maximum Gasteiger partial charge on any atom is 0.247 e. The van der Waals surface area contributed by atoms with E-state index >= 15 is 0 Å². The van der Waals surface area contributed by atoms with E-state index in [-0.39, 0.29) is 12.3 Å². The SMILES string of the molecule is O=C(CCc1nnc(-c2ccccc2)o1)NCc1cn2ccccc2n1. The van der Waals surface area contributed by atoms with E-state index in [4.69, 9.17) is 4.42 Å². The van der Waals surface area contributed by atoms with Gasteiger partial charge in [-0.2, -0.15) is 0 Å². The molecule has 1 aromatic carbocycles. The summed E-state index contributed by atoms with van der Waals surface area (Å²) in [6.45, 7) is 0.389. The predicted octanol–water partition coefficient (Wildman–Crippen LogP) is 2.63. The third kappa shape index (κ3) is 3.61. The van der Waals surface area contributed by atoms with E-state index in [1.54, 1.807) is 0 Å². The van der Waals surface area contributed by atoms with Crippen LogP contribution in [-0.2, 0) is 17.8 Å². The average Bonchev–Trinajstić information content (AvgIpc) is 3.32. The third-order valence-electron chi connectivity index (χ3n) is 3.93. The first-order valence-corrected chi connectivity index (χ1v) is 8.35. The van der Waals surface area contributed by atoms with Crippen LogP contribution in [0.1, 0.15) is 18.0 Å². The van der Waals surface area contributed by atoms with Crippen LogP contribution >= 0.6 is 0 Å². The summed E-state index contributed by atoms with van der Waals surface area (Å²) in [4.78, 5) is 16.5. The second-order valence-electron chi connectivity index (χ2n) is 5.84. The van der Waals surface area contributed by atoms with Gasteiger partial charge in [0, 0.05) is 30.8 Å². The van der Waals surface area contributed by atoms with Gasteiger partial charge in [0.15, 0.2) is 0 Å². The van der Waals surface area contributed by atoms with Crippen molar-refractivity contribution in [3.8, 4) is 11.5 Å². The lowest BCUT2D eigenvalue weighted by molar-refractivity contribution is -0.121. The molecule has 0 bridgehead atoms. The van der Waals surface area contributed by atoms with Gasteiger partial charge >= 0.3 is 0 Å². The summed E-state index contributed by atoms with van der Waals surface area (Å²) in [5.41, 5.74) is 2.53. The number of hydrogen-bond acceptors (Lipinski definition) is 5. The number of imidazole rings is 1. The topological polar surface area (TPSA) is 85.3 Å². The summed E-state index contributed by atoms with van der Waals surface area (Å²) >= 11 is 0. The van der Waals surface area contributed by atoms with Crippen molar-refractivity contribution in [2.24, 2.45) is 0 Å². The van der Waals surface area contributed by atoms with Gasteiger partial charge < -0.3 is 14.1 Å². The number of benzene rings is 1. The molecule has 0 radical (unpaired) electrons. The molecule has 0 aliphatic rings. The molecular weight excluding hydrogens is 330 g/mol. The fourth-order valence-corrected chi connectivity index (χ4v) is 2.62. The quantitative estimate of drug-likeness (QED) is 0.579. The number of rotatable bonds is 6. The summed E-state index contributed by atoms with van der Waals surface area (Å²) in [5.74, 6) is 0.832. The molecule has 0 spiro atoms. The summed E-state index contributed by atoms with van der Waals surface area (Å²) < 4.78 is 7.53. The Morgan fingerprint density at radius 2 is 1.92 bits per heavy atom. The summed E-state index contributed by atoms with van der Waals surface area (Å²) in [7, 11) is 0. The molecule has 3 heterocycles. The van der Waals surface area contributed by atoms with E-state index in [2.05, 4.69) is 20.5 Å². The first-order valence-electron chi connectivity index (χ1n) is 8.35. The van der Waals surface area contributed by atoms with Gasteiger partial charge in [-0.05, 0) is 24.3 Å². The zero-order valence-electron chi connectivity index (χ0n) is 14.0. The average molecular weight is 347 g/mol. The highest BCUT2D eigenvalue weighted by Crippen LogP contribution is 2.17. The van der Waals surface area contributed by atoms with Crippen LogP contribution in [0.4, 0.5) is 0 Å². The Hall–Kier alpha value is -3.48. The summed E-state index contributed by atoms with van der Waals surface area (Å²) in [6, 6.07) is 15.3. The van der Waals surface area contributed by atoms with Crippen molar-refractivity contribution in [1.82, 2.24) is 24.9 Å². The highest BCUT2D eigenvalue weighted by Gasteiger charge is 2.10. The number of fused-ring (bicyclic) bond motifs is 1. The van der Waals surface area contributed by atoms with E-state index in [0.717, 1.165) is 16.9 Å². The van der Waals surface area contributed by atoms with E-state index in [9.17, 15) is 4.79 Å². The number of aryl methyl sites for hydroxylation is 1. The zero-order chi connectivity index (χ0) is 17.8. The molecule has 4 rings (SSSR count). The van der Waals surface area contributed by atoms with Crippen LogP contribution < -0.4 is 5.32 Å². The van der Waals surface area contributed by atoms with Crippen molar-refractivity contribution in [2.45, 2.75) is 19.4 Å². The molecule has 7 heteroatoms. The fraction of sp³-hybridized carbons (Fsp3) is 0.158. The molecule has 0 saturated carbocycles. The van der Waals surface area contributed by atoms with Gasteiger partial charge in [-0.1, -0.05) is 24.3 Å². The van der Waals surface area contributed by atoms with Crippen molar-refractivity contribution in [1.29, 1.82) is 0 Å². The van der Waals surface area contributed by atoms with Crippen molar-refractivity contribution < 1.29 is 9.21 Å². The van der Waals surface area contributed by atoms with E-state index < -0.39 is 0 Å². The summed E-state index contributed by atoms with van der Waals surface area (Å²) in [5, 5.41) is 10.9. The maximum absolute atomic E-state index is 12.0. The maximum atomic E-state index is 12.0. The van der Waals surface area contributed by atoms with Crippen LogP contribution in [0, 0.1) is 0 Å². The molecule has 3 aromatic heterocycles. The molecule has 0 fully saturated rings. The number of amides is 1. The number of nitrogens with one attached hydrogen (secondary N) is 1. The standard InChI is InChI=1S/C19H17N5O2/c25-17(20-12-15-13-24-11-5-4-8-16(24)21-15)9-10-18-22-23-19(26-18)14-6-2-1-3-7-14/h1-8,11,13H,9-10,12H2,(H,20,25). The molecule has 7 nitrogen and oxygen atoms in total. The zero-order valence-corrected chi connectivity index (χ0v) is 14.0. The van der Waals surface area contributed by atoms with Gasteiger partial charge in [-0.25, -0.2) is 4.98 Å². The van der Waals surface area contributed by atoms with Crippen LogP contribution in [0.5, 0.6) is 0 Å². The van der Waals surface area contributed by atoms with Crippen LogP contribution in [0.2, 0.25) is 0 Å². The number of carbonyl (C=O) groups excluding carboxylic acids is 1. The highest BCUT2D eigenvalue weighted by atomic mass is 16.4. The van der Waals surface area contributed by atoms with Gasteiger partial charge in [0.25, 0.3) is 0 Å². The number of nitrogens with zero attached hydrogens (tertiary/aromatic N) is 4. The molecule has 1 amide bonds. The molecule has 1 N–H and O–H groups in total. The Morgan fingerprint density at radius 1 is 1.08 bits per heavy atom. The Balaban J connectivity index is 1.29. The fourth-order valence-electron chi connectivity index (χ4n) is 2.62. The van der Waals surface area contributed by atoms with E-state index in [1.165, 1.54) is 0 Å². The van der Waals surface area contributed by atoms with Gasteiger partial charge in [0.2, 0.25) is 17.7 Å². The largest absolute Gasteiger partial charge is 0.421 e. The Bertz CT molecular complexity index is 990. The number of pyridine rings is 1. The minimum absolute atomic E-state index is 0.0819. The normalized spacial score (nSPS) is 10.9. The summed E-state index contributed by atoms with van der Waals surface area (Å²) in [6.07, 6.45) is 4.51. The van der Waals surface area contributed by atoms with Gasteiger partial charge in [0.1, 0.15) is 5.65 Å². The van der Waals surface area contributed by atoms with Gasteiger partial charge in [-0.3, -0.25) is 4.79 Å². The Labute approximate surface area is 149 Å². The first-order chi connectivity index (χ1) is 12.8. The molecule has 26 heavy (non-hydrogen) atoms. The number of hydrogen-bond donors (Lipinski definition) is 1. The second-order valence-corrected chi connectivity index (χ2v) is 5.84. The Morgan fingerprint density at radius 3 is 2.77 bits per heavy atom. The molecule has 0 atom stereocenters. The molecule has 0 aliphatic heterocycles. The molecule has 0 unspecified atom stereocenters. The Kier molecular flexibility index (Phi) is 4.42. The van der Waals surface area contributed by atoms with E-state index in [0.29, 0.717) is 24.7 Å².